The predicted octanol–water partition coefficient (Wildman–Crippen LogP) is 3.26. The molecule has 2 nitrogen and oxygen atoms in total. The molecule has 0 radical (unpaired) electrons. The third-order valence-electron chi connectivity index (χ3n) is 2.65. The van der Waals surface area contributed by atoms with Crippen molar-refractivity contribution < 1.29 is 0 Å². The maximum absolute atomic E-state index is 5.26. The molecule has 1 aromatic carbocycles. The predicted molar refractivity (Wildman–Crippen MR) is 78.0 cm³/mol. The Kier molecular flexibility index (Phi) is 5.98. The molecular formula is C14H22N2S. The highest BCUT2D eigenvalue weighted by Crippen LogP contribution is 2.10. The molecule has 3 heteroatoms. The first-order chi connectivity index (χ1) is 8.09. The fourth-order valence-corrected chi connectivity index (χ4v) is 1.83. The molecule has 2 N–H and O–H groups in total. The maximum Gasteiger partial charge on any atom is 0.166 e. The van der Waals surface area contributed by atoms with Crippen molar-refractivity contribution in [1.29, 1.82) is 0 Å². The van der Waals surface area contributed by atoms with E-state index in [4.69, 9.17) is 12.2 Å². The van der Waals surface area contributed by atoms with Crippen LogP contribution in [0.15, 0.2) is 30.3 Å². The van der Waals surface area contributed by atoms with Crippen LogP contribution in [0.4, 0.5) is 0 Å². The molecule has 0 aliphatic heterocycles. The monoisotopic (exact) mass is 250 g/mol. The fraction of sp³-hybridized carbons (Fsp3) is 0.500. The van der Waals surface area contributed by atoms with E-state index in [1.54, 1.807) is 0 Å². The molecule has 0 saturated heterocycles. The Morgan fingerprint density at radius 3 is 2.41 bits per heavy atom. The van der Waals surface area contributed by atoms with Gasteiger partial charge in [0, 0.05) is 6.54 Å². The van der Waals surface area contributed by atoms with Crippen LogP contribution in [0.1, 0.15) is 38.8 Å². The van der Waals surface area contributed by atoms with Crippen molar-refractivity contribution in [3.63, 3.8) is 0 Å². The molecule has 0 aromatic heterocycles. The Labute approximate surface area is 110 Å². The quantitative estimate of drug-likeness (QED) is 0.784. The zero-order valence-corrected chi connectivity index (χ0v) is 11.7. The van der Waals surface area contributed by atoms with E-state index in [0.717, 1.165) is 18.1 Å². The third-order valence-corrected chi connectivity index (χ3v) is 2.92. The average Bonchev–Trinajstić information content (AvgIpc) is 2.29. The van der Waals surface area contributed by atoms with Crippen LogP contribution < -0.4 is 10.6 Å². The van der Waals surface area contributed by atoms with Crippen LogP contribution in [0.25, 0.3) is 0 Å². The Hall–Kier alpha value is -1.09. The van der Waals surface area contributed by atoms with Crippen molar-refractivity contribution in [3.05, 3.63) is 35.9 Å². The van der Waals surface area contributed by atoms with Crippen LogP contribution in [0, 0.1) is 5.92 Å². The second-order valence-electron chi connectivity index (χ2n) is 4.72. The van der Waals surface area contributed by atoms with E-state index < -0.39 is 0 Å². The lowest BCUT2D eigenvalue weighted by Gasteiger charge is -2.17. The lowest BCUT2D eigenvalue weighted by atomic mass is 10.1. The van der Waals surface area contributed by atoms with Gasteiger partial charge in [0.15, 0.2) is 5.11 Å². The molecule has 0 fully saturated rings. The Morgan fingerprint density at radius 2 is 1.82 bits per heavy atom. The average molecular weight is 250 g/mol. The number of thiocarbonyl (C=S) groups is 1. The summed E-state index contributed by atoms with van der Waals surface area (Å²) in [6.45, 7) is 7.48. The summed E-state index contributed by atoms with van der Waals surface area (Å²) in [4.78, 5) is 0. The minimum Gasteiger partial charge on any atom is -0.363 e. The van der Waals surface area contributed by atoms with Gasteiger partial charge in [0.1, 0.15) is 0 Å². The van der Waals surface area contributed by atoms with E-state index in [0.29, 0.717) is 5.92 Å². The zero-order chi connectivity index (χ0) is 12.7. The largest absolute Gasteiger partial charge is 0.363 e. The summed E-state index contributed by atoms with van der Waals surface area (Å²) in [6.07, 6.45) is 1.14. The minimum atomic E-state index is 0.246. The molecule has 1 aromatic rings. The molecule has 17 heavy (non-hydrogen) atoms. The Bertz CT molecular complexity index is 335. The second kappa shape index (κ2) is 7.28. The van der Waals surface area contributed by atoms with E-state index in [1.165, 1.54) is 5.56 Å². The molecule has 0 bridgehead atoms. The standard InChI is InChI=1S/C14H22N2S/c1-11(2)9-10-15-14(17)16-12(3)13-7-5-4-6-8-13/h4-8,11-12H,9-10H2,1-3H3,(H2,15,16,17). The topological polar surface area (TPSA) is 24.1 Å². The Balaban J connectivity index is 2.31. The lowest BCUT2D eigenvalue weighted by Crippen LogP contribution is -2.37. The van der Waals surface area contributed by atoms with Crippen LogP contribution in [0.5, 0.6) is 0 Å². The number of hydrogen-bond donors (Lipinski definition) is 2. The highest BCUT2D eigenvalue weighted by molar-refractivity contribution is 7.80. The number of rotatable bonds is 5. The van der Waals surface area contributed by atoms with Gasteiger partial charge in [-0.2, -0.15) is 0 Å². The molecule has 1 atom stereocenters. The minimum absolute atomic E-state index is 0.246. The molecule has 0 aliphatic carbocycles. The molecular weight excluding hydrogens is 228 g/mol. The van der Waals surface area contributed by atoms with Crippen LogP contribution in [0.2, 0.25) is 0 Å². The van der Waals surface area contributed by atoms with Gasteiger partial charge in [-0.15, -0.1) is 0 Å². The van der Waals surface area contributed by atoms with Gasteiger partial charge in [0.05, 0.1) is 6.04 Å². The molecule has 0 saturated carbocycles. The van der Waals surface area contributed by atoms with E-state index in [-0.39, 0.29) is 6.04 Å². The molecule has 94 valence electrons. The van der Waals surface area contributed by atoms with Gasteiger partial charge in [0.2, 0.25) is 0 Å². The second-order valence-corrected chi connectivity index (χ2v) is 5.12. The van der Waals surface area contributed by atoms with E-state index >= 15 is 0 Å². The summed E-state index contributed by atoms with van der Waals surface area (Å²) in [6, 6.07) is 10.6. The van der Waals surface area contributed by atoms with Gasteiger partial charge in [-0.25, -0.2) is 0 Å². The number of hydrogen-bond acceptors (Lipinski definition) is 1. The van der Waals surface area contributed by atoms with Crippen LogP contribution in [-0.2, 0) is 0 Å². The lowest BCUT2D eigenvalue weighted by molar-refractivity contribution is 0.572. The van der Waals surface area contributed by atoms with Gasteiger partial charge in [-0.3, -0.25) is 0 Å². The van der Waals surface area contributed by atoms with Crippen LogP contribution in [0.3, 0.4) is 0 Å². The number of benzene rings is 1. The Morgan fingerprint density at radius 1 is 1.18 bits per heavy atom. The van der Waals surface area contributed by atoms with Crippen molar-refractivity contribution in [2.45, 2.75) is 33.2 Å². The van der Waals surface area contributed by atoms with E-state index in [1.807, 2.05) is 18.2 Å². The van der Waals surface area contributed by atoms with Crippen molar-refractivity contribution in [3.8, 4) is 0 Å². The highest BCUT2D eigenvalue weighted by Gasteiger charge is 2.05. The molecule has 0 heterocycles. The smallest absolute Gasteiger partial charge is 0.166 e. The highest BCUT2D eigenvalue weighted by atomic mass is 32.1. The van der Waals surface area contributed by atoms with Crippen LogP contribution >= 0.6 is 12.2 Å². The van der Waals surface area contributed by atoms with Crippen molar-refractivity contribution in [2.24, 2.45) is 5.92 Å². The molecule has 1 unspecified atom stereocenters. The first-order valence-electron chi connectivity index (χ1n) is 6.19. The van der Waals surface area contributed by atoms with Gasteiger partial charge in [-0.05, 0) is 37.0 Å². The first kappa shape index (κ1) is 14.0. The normalized spacial score (nSPS) is 12.2. The number of nitrogens with one attached hydrogen (secondary N) is 2. The SMILES string of the molecule is CC(C)CCNC(=S)NC(C)c1ccccc1. The van der Waals surface area contributed by atoms with Crippen LogP contribution in [-0.4, -0.2) is 11.7 Å². The first-order valence-corrected chi connectivity index (χ1v) is 6.59. The summed E-state index contributed by atoms with van der Waals surface area (Å²) in [5, 5.41) is 7.26. The van der Waals surface area contributed by atoms with Gasteiger partial charge >= 0.3 is 0 Å². The van der Waals surface area contributed by atoms with Crippen molar-refractivity contribution in [1.82, 2.24) is 10.6 Å². The molecule has 0 aliphatic rings. The summed E-state index contributed by atoms with van der Waals surface area (Å²) >= 11 is 5.26. The van der Waals surface area contributed by atoms with Gasteiger partial charge < -0.3 is 10.6 Å². The van der Waals surface area contributed by atoms with E-state index in [9.17, 15) is 0 Å². The fourth-order valence-electron chi connectivity index (χ4n) is 1.55. The summed E-state index contributed by atoms with van der Waals surface area (Å²) in [5.74, 6) is 0.705. The van der Waals surface area contributed by atoms with Gasteiger partial charge in [-0.1, -0.05) is 44.2 Å². The molecule has 0 spiro atoms. The van der Waals surface area contributed by atoms with Crippen molar-refractivity contribution >= 4 is 17.3 Å². The molecule has 1 rings (SSSR count). The zero-order valence-electron chi connectivity index (χ0n) is 10.9. The summed E-state index contributed by atoms with van der Waals surface area (Å²) in [5.41, 5.74) is 1.25. The van der Waals surface area contributed by atoms with Gasteiger partial charge in [0.25, 0.3) is 0 Å². The molecule has 0 amide bonds. The third kappa shape index (κ3) is 5.68. The maximum atomic E-state index is 5.26. The van der Waals surface area contributed by atoms with Crippen molar-refractivity contribution in [2.75, 3.05) is 6.54 Å². The summed E-state index contributed by atoms with van der Waals surface area (Å²) < 4.78 is 0. The van der Waals surface area contributed by atoms with E-state index in [2.05, 4.69) is 43.5 Å². The summed E-state index contributed by atoms with van der Waals surface area (Å²) in [7, 11) is 0.